The fourth-order valence-electron chi connectivity index (χ4n) is 2.60. The van der Waals surface area contributed by atoms with E-state index >= 15 is 0 Å². The molecule has 0 bridgehead atoms. The number of rotatable bonds is 3. The third-order valence-electron chi connectivity index (χ3n) is 4.14. The van der Waals surface area contributed by atoms with Crippen molar-refractivity contribution in [1.29, 1.82) is 0 Å². The number of benzene rings is 1. The molecule has 1 aromatic rings. The largest absolute Gasteiger partial charge is 0.365 e. The molecule has 0 spiro atoms. The molecular weight excluding hydrogens is 335 g/mol. The van der Waals surface area contributed by atoms with E-state index in [1.54, 1.807) is 0 Å². The lowest BCUT2D eigenvalue weighted by molar-refractivity contribution is 0.276. The van der Waals surface area contributed by atoms with Gasteiger partial charge in [-0.1, -0.05) is 26.0 Å². The standard InChI is InChI=1S/C15H23IN2/c1-4-12-10-17-15(3,5-2)11-18(12)14-9-7-6-8-13(14)16/h6-9,12,17H,4-5,10-11H2,1-3H3. The average molecular weight is 358 g/mol. The molecule has 1 aliphatic rings. The first-order valence-electron chi connectivity index (χ1n) is 6.86. The Morgan fingerprint density at radius 2 is 2.11 bits per heavy atom. The number of nitrogens with zero attached hydrogens (tertiary/aromatic N) is 1. The minimum atomic E-state index is 0.241. The van der Waals surface area contributed by atoms with E-state index in [0.29, 0.717) is 6.04 Å². The van der Waals surface area contributed by atoms with Gasteiger partial charge in [-0.2, -0.15) is 0 Å². The molecule has 2 rings (SSSR count). The van der Waals surface area contributed by atoms with Crippen LogP contribution >= 0.6 is 22.6 Å². The fourth-order valence-corrected chi connectivity index (χ4v) is 3.30. The lowest BCUT2D eigenvalue weighted by Crippen LogP contribution is -2.63. The quantitative estimate of drug-likeness (QED) is 0.830. The average Bonchev–Trinajstić information content (AvgIpc) is 2.39. The summed E-state index contributed by atoms with van der Waals surface area (Å²) in [5.74, 6) is 0. The molecular formula is C15H23IN2. The second kappa shape index (κ2) is 5.78. The van der Waals surface area contributed by atoms with Gasteiger partial charge < -0.3 is 10.2 Å². The van der Waals surface area contributed by atoms with Crippen LogP contribution in [0.25, 0.3) is 0 Å². The Morgan fingerprint density at radius 3 is 2.72 bits per heavy atom. The molecule has 1 aliphatic heterocycles. The predicted octanol–water partition coefficient (Wildman–Crippen LogP) is 3.65. The first-order chi connectivity index (χ1) is 8.59. The summed E-state index contributed by atoms with van der Waals surface area (Å²) in [4.78, 5) is 2.60. The zero-order valence-electron chi connectivity index (χ0n) is 11.5. The second-order valence-electron chi connectivity index (χ2n) is 5.44. The topological polar surface area (TPSA) is 15.3 Å². The van der Waals surface area contributed by atoms with Crippen LogP contribution in [0.5, 0.6) is 0 Å². The van der Waals surface area contributed by atoms with Gasteiger partial charge in [0.25, 0.3) is 0 Å². The summed E-state index contributed by atoms with van der Waals surface area (Å²) in [6.07, 6.45) is 2.36. The van der Waals surface area contributed by atoms with Gasteiger partial charge in [0.15, 0.2) is 0 Å². The molecule has 2 unspecified atom stereocenters. The van der Waals surface area contributed by atoms with E-state index in [0.717, 1.165) is 13.1 Å². The Hall–Kier alpha value is -0.290. The molecule has 3 heteroatoms. The van der Waals surface area contributed by atoms with Crippen molar-refractivity contribution in [1.82, 2.24) is 5.32 Å². The SMILES string of the molecule is CCC1CNC(C)(CC)CN1c1ccccc1I. The van der Waals surface area contributed by atoms with Crippen LogP contribution in [0.15, 0.2) is 24.3 Å². The molecule has 1 aromatic carbocycles. The van der Waals surface area contributed by atoms with Crippen LogP contribution in [0.3, 0.4) is 0 Å². The van der Waals surface area contributed by atoms with Crippen LogP contribution in [0, 0.1) is 3.57 Å². The van der Waals surface area contributed by atoms with Crippen molar-refractivity contribution in [3.8, 4) is 0 Å². The van der Waals surface area contributed by atoms with Crippen molar-refractivity contribution in [2.75, 3.05) is 18.0 Å². The van der Waals surface area contributed by atoms with E-state index in [1.807, 2.05) is 0 Å². The molecule has 0 aromatic heterocycles. The van der Waals surface area contributed by atoms with Gasteiger partial charge in [0, 0.05) is 28.2 Å². The molecule has 0 radical (unpaired) electrons. The number of hydrogen-bond donors (Lipinski definition) is 1. The number of hydrogen-bond acceptors (Lipinski definition) is 2. The Kier molecular flexibility index (Phi) is 4.54. The van der Waals surface area contributed by atoms with Gasteiger partial charge in [-0.25, -0.2) is 0 Å². The van der Waals surface area contributed by atoms with Crippen LogP contribution in [0.4, 0.5) is 5.69 Å². The molecule has 1 saturated heterocycles. The Bertz CT molecular complexity index is 407. The molecule has 1 heterocycles. The van der Waals surface area contributed by atoms with Crippen molar-refractivity contribution in [3.05, 3.63) is 27.8 Å². The highest BCUT2D eigenvalue weighted by molar-refractivity contribution is 14.1. The van der Waals surface area contributed by atoms with E-state index in [9.17, 15) is 0 Å². The molecule has 0 saturated carbocycles. The van der Waals surface area contributed by atoms with Crippen LogP contribution in [-0.2, 0) is 0 Å². The van der Waals surface area contributed by atoms with Crippen LogP contribution in [-0.4, -0.2) is 24.7 Å². The maximum Gasteiger partial charge on any atom is 0.0505 e. The molecule has 18 heavy (non-hydrogen) atoms. The Labute approximate surface area is 124 Å². The fraction of sp³-hybridized carbons (Fsp3) is 0.600. The van der Waals surface area contributed by atoms with Gasteiger partial charge >= 0.3 is 0 Å². The lowest BCUT2D eigenvalue weighted by Gasteiger charge is -2.47. The van der Waals surface area contributed by atoms with Gasteiger partial charge in [0.1, 0.15) is 0 Å². The first kappa shape index (κ1) is 14.1. The number of piperazine rings is 1. The number of para-hydroxylation sites is 1. The summed E-state index contributed by atoms with van der Waals surface area (Å²) < 4.78 is 1.36. The molecule has 2 atom stereocenters. The van der Waals surface area contributed by atoms with Gasteiger partial charge in [-0.05, 0) is 54.5 Å². The third kappa shape index (κ3) is 2.82. The zero-order chi connectivity index (χ0) is 13.2. The molecule has 2 nitrogen and oxygen atoms in total. The van der Waals surface area contributed by atoms with Crippen molar-refractivity contribution in [2.24, 2.45) is 0 Å². The van der Waals surface area contributed by atoms with Crippen molar-refractivity contribution < 1.29 is 0 Å². The van der Waals surface area contributed by atoms with Gasteiger partial charge in [0.2, 0.25) is 0 Å². The van der Waals surface area contributed by atoms with Gasteiger partial charge in [-0.15, -0.1) is 0 Å². The van der Waals surface area contributed by atoms with Gasteiger partial charge in [-0.3, -0.25) is 0 Å². The van der Waals surface area contributed by atoms with E-state index in [1.165, 1.54) is 22.1 Å². The number of nitrogens with one attached hydrogen (secondary N) is 1. The zero-order valence-corrected chi connectivity index (χ0v) is 13.7. The van der Waals surface area contributed by atoms with E-state index in [4.69, 9.17) is 0 Å². The lowest BCUT2D eigenvalue weighted by atomic mass is 9.92. The first-order valence-corrected chi connectivity index (χ1v) is 7.93. The predicted molar refractivity (Wildman–Crippen MR) is 87.3 cm³/mol. The van der Waals surface area contributed by atoms with E-state index < -0.39 is 0 Å². The second-order valence-corrected chi connectivity index (χ2v) is 6.60. The molecule has 1 fully saturated rings. The highest BCUT2D eigenvalue weighted by atomic mass is 127. The summed E-state index contributed by atoms with van der Waals surface area (Å²) in [7, 11) is 0. The van der Waals surface area contributed by atoms with Crippen LogP contribution < -0.4 is 10.2 Å². The van der Waals surface area contributed by atoms with E-state index in [-0.39, 0.29) is 5.54 Å². The summed E-state index contributed by atoms with van der Waals surface area (Å²) in [5.41, 5.74) is 1.64. The normalized spacial score (nSPS) is 28.4. The number of halogens is 1. The highest BCUT2D eigenvalue weighted by Gasteiger charge is 2.34. The monoisotopic (exact) mass is 358 g/mol. The maximum atomic E-state index is 3.72. The minimum absolute atomic E-state index is 0.241. The summed E-state index contributed by atoms with van der Waals surface area (Å²) >= 11 is 2.45. The molecule has 0 amide bonds. The van der Waals surface area contributed by atoms with Crippen molar-refractivity contribution in [2.45, 2.75) is 45.2 Å². The van der Waals surface area contributed by atoms with E-state index in [2.05, 4.69) is 77.8 Å². The summed E-state index contributed by atoms with van der Waals surface area (Å²) in [6.45, 7) is 9.08. The van der Waals surface area contributed by atoms with Crippen molar-refractivity contribution in [3.63, 3.8) is 0 Å². The Morgan fingerprint density at radius 1 is 1.39 bits per heavy atom. The molecule has 0 aliphatic carbocycles. The Balaban J connectivity index is 2.29. The smallest absolute Gasteiger partial charge is 0.0505 e. The molecule has 100 valence electrons. The van der Waals surface area contributed by atoms with Gasteiger partial charge in [0.05, 0.1) is 5.69 Å². The minimum Gasteiger partial charge on any atom is -0.365 e. The summed E-state index contributed by atoms with van der Waals surface area (Å²) in [5, 5.41) is 3.72. The van der Waals surface area contributed by atoms with Crippen LogP contribution in [0.2, 0.25) is 0 Å². The highest BCUT2D eigenvalue weighted by Crippen LogP contribution is 2.29. The third-order valence-corrected chi connectivity index (χ3v) is 5.05. The van der Waals surface area contributed by atoms with Crippen LogP contribution in [0.1, 0.15) is 33.6 Å². The number of anilines is 1. The molecule has 1 N–H and O–H groups in total. The summed E-state index contributed by atoms with van der Waals surface area (Å²) in [6, 6.07) is 9.34. The maximum absolute atomic E-state index is 3.72. The van der Waals surface area contributed by atoms with Crippen molar-refractivity contribution >= 4 is 28.3 Å².